The van der Waals surface area contributed by atoms with Crippen molar-refractivity contribution in [1.82, 2.24) is 9.88 Å². The summed E-state index contributed by atoms with van der Waals surface area (Å²) in [7, 11) is 4.80. The number of thiophene rings is 1. The number of ether oxygens (including phenoxy) is 2. The van der Waals surface area contributed by atoms with E-state index in [1.54, 1.807) is 33.5 Å². The van der Waals surface area contributed by atoms with Crippen molar-refractivity contribution < 1.29 is 14.3 Å². The molecule has 136 valence electrons. The number of hydrogen-bond donors (Lipinski definition) is 1. The topological polar surface area (TPSA) is 69.6 Å². The SMILES string of the molecule is COc1cccc(CNC(=O)c2c(C)sc3ccn(C)c(=O)c23)c1OC. The van der Waals surface area contributed by atoms with Crippen LogP contribution in [0.2, 0.25) is 0 Å². The van der Waals surface area contributed by atoms with E-state index in [-0.39, 0.29) is 18.0 Å². The highest BCUT2D eigenvalue weighted by atomic mass is 32.1. The van der Waals surface area contributed by atoms with E-state index in [0.29, 0.717) is 22.4 Å². The van der Waals surface area contributed by atoms with Crippen LogP contribution in [0.3, 0.4) is 0 Å². The molecule has 1 N–H and O–H groups in total. The van der Waals surface area contributed by atoms with Gasteiger partial charge in [0, 0.05) is 34.9 Å². The number of hydrogen-bond acceptors (Lipinski definition) is 5. The van der Waals surface area contributed by atoms with Crippen LogP contribution in [0.15, 0.2) is 35.3 Å². The van der Waals surface area contributed by atoms with Crippen LogP contribution in [-0.4, -0.2) is 24.7 Å². The minimum absolute atomic E-state index is 0.170. The average Bonchev–Trinajstić information content (AvgIpc) is 2.99. The molecule has 2 heterocycles. The molecule has 0 fully saturated rings. The molecule has 0 saturated carbocycles. The molecule has 0 bridgehead atoms. The number of aromatic nitrogens is 1. The molecule has 3 rings (SSSR count). The Bertz CT molecular complexity index is 1040. The summed E-state index contributed by atoms with van der Waals surface area (Å²) in [6.07, 6.45) is 1.71. The van der Waals surface area contributed by atoms with Crippen LogP contribution in [-0.2, 0) is 13.6 Å². The quantitative estimate of drug-likeness (QED) is 0.748. The minimum Gasteiger partial charge on any atom is -0.493 e. The summed E-state index contributed by atoms with van der Waals surface area (Å²) < 4.78 is 13.0. The van der Waals surface area contributed by atoms with E-state index < -0.39 is 0 Å². The molecule has 0 saturated heterocycles. The zero-order valence-electron chi connectivity index (χ0n) is 15.1. The highest BCUT2D eigenvalue weighted by molar-refractivity contribution is 7.19. The van der Waals surface area contributed by atoms with Crippen molar-refractivity contribution in [1.29, 1.82) is 0 Å². The van der Waals surface area contributed by atoms with E-state index in [0.717, 1.165) is 15.1 Å². The Balaban J connectivity index is 1.93. The number of amides is 1. The summed E-state index contributed by atoms with van der Waals surface area (Å²) in [5.41, 5.74) is 1.06. The lowest BCUT2D eigenvalue weighted by Crippen LogP contribution is -2.25. The third kappa shape index (κ3) is 3.06. The summed E-state index contributed by atoms with van der Waals surface area (Å²) in [5.74, 6) is 0.908. The number of nitrogens with one attached hydrogen (secondary N) is 1. The van der Waals surface area contributed by atoms with E-state index >= 15 is 0 Å². The van der Waals surface area contributed by atoms with Crippen molar-refractivity contribution in [3.63, 3.8) is 0 Å². The molecule has 0 aliphatic carbocycles. The summed E-state index contributed by atoms with van der Waals surface area (Å²) in [4.78, 5) is 26.1. The number of nitrogens with zero attached hydrogens (tertiary/aromatic N) is 1. The number of carbonyl (C=O) groups is 1. The summed E-state index contributed by atoms with van der Waals surface area (Å²) in [5, 5.41) is 3.36. The van der Waals surface area contributed by atoms with Gasteiger partial charge >= 0.3 is 0 Å². The lowest BCUT2D eigenvalue weighted by atomic mass is 10.1. The molecule has 26 heavy (non-hydrogen) atoms. The van der Waals surface area contributed by atoms with E-state index in [1.165, 1.54) is 15.9 Å². The first-order valence-electron chi connectivity index (χ1n) is 8.04. The first-order chi connectivity index (χ1) is 12.5. The van der Waals surface area contributed by atoms with Crippen molar-refractivity contribution in [2.45, 2.75) is 13.5 Å². The van der Waals surface area contributed by atoms with Crippen molar-refractivity contribution >= 4 is 27.3 Å². The summed E-state index contributed by atoms with van der Waals surface area (Å²) >= 11 is 1.45. The van der Waals surface area contributed by atoms with Crippen LogP contribution in [0.1, 0.15) is 20.8 Å². The number of pyridine rings is 1. The van der Waals surface area contributed by atoms with Crippen molar-refractivity contribution in [3.05, 3.63) is 56.8 Å². The molecule has 0 aliphatic rings. The molecule has 1 aromatic carbocycles. The molecule has 3 aromatic rings. The second-order valence-electron chi connectivity index (χ2n) is 5.84. The van der Waals surface area contributed by atoms with E-state index in [9.17, 15) is 9.59 Å². The molecule has 0 atom stereocenters. The van der Waals surface area contributed by atoms with Gasteiger partial charge in [-0.25, -0.2) is 0 Å². The van der Waals surface area contributed by atoms with E-state index in [4.69, 9.17) is 9.47 Å². The third-order valence-electron chi connectivity index (χ3n) is 4.25. The maximum absolute atomic E-state index is 12.8. The average molecular weight is 372 g/mol. The zero-order valence-corrected chi connectivity index (χ0v) is 15.9. The summed E-state index contributed by atoms with van der Waals surface area (Å²) in [6.45, 7) is 2.12. The van der Waals surface area contributed by atoms with Crippen LogP contribution in [0.4, 0.5) is 0 Å². The monoisotopic (exact) mass is 372 g/mol. The Labute approximate surface area is 155 Å². The molecular formula is C19H20N2O4S. The fraction of sp³-hybridized carbons (Fsp3) is 0.263. The summed E-state index contributed by atoms with van der Waals surface area (Å²) in [6, 6.07) is 7.35. The molecule has 0 unspecified atom stereocenters. The van der Waals surface area contributed by atoms with E-state index in [1.807, 2.05) is 25.1 Å². The zero-order chi connectivity index (χ0) is 18.8. The van der Waals surface area contributed by atoms with Gasteiger partial charge in [0.1, 0.15) is 0 Å². The van der Waals surface area contributed by atoms with Gasteiger partial charge in [-0.15, -0.1) is 11.3 Å². The van der Waals surface area contributed by atoms with Crippen LogP contribution < -0.4 is 20.3 Å². The number of benzene rings is 1. The second kappa shape index (κ2) is 7.21. The minimum atomic E-state index is -0.276. The van der Waals surface area contributed by atoms with Gasteiger partial charge in [0.25, 0.3) is 11.5 Å². The maximum Gasteiger partial charge on any atom is 0.259 e. The highest BCUT2D eigenvalue weighted by Crippen LogP contribution is 2.31. The van der Waals surface area contributed by atoms with Gasteiger partial charge in [-0.3, -0.25) is 9.59 Å². The fourth-order valence-electron chi connectivity index (χ4n) is 2.95. The molecule has 2 aromatic heterocycles. The number of carbonyl (C=O) groups excluding carboxylic acids is 1. The predicted octanol–water partition coefficient (Wildman–Crippen LogP) is 2.86. The molecule has 0 spiro atoms. The molecule has 0 aliphatic heterocycles. The Hall–Kier alpha value is -2.80. The Morgan fingerprint density at radius 3 is 2.69 bits per heavy atom. The number of methoxy groups -OCH3 is 2. The Kier molecular flexibility index (Phi) is 4.99. The second-order valence-corrected chi connectivity index (χ2v) is 7.10. The fourth-order valence-corrected chi connectivity index (χ4v) is 4.00. The highest BCUT2D eigenvalue weighted by Gasteiger charge is 2.20. The largest absolute Gasteiger partial charge is 0.493 e. The normalized spacial score (nSPS) is 10.8. The van der Waals surface area contributed by atoms with Crippen LogP contribution in [0.25, 0.3) is 10.1 Å². The Morgan fingerprint density at radius 1 is 1.23 bits per heavy atom. The first kappa shape index (κ1) is 18.0. The smallest absolute Gasteiger partial charge is 0.259 e. The first-order valence-corrected chi connectivity index (χ1v) is 8.86. The lowest BCUT2D eigenvalue weighted by molar-refractivity contribution is 0.0952. The van der Waals surface area contributed by atoms with Gasteiger partial charge in [0.05, 0.1) is 25.2 Å². The van der Waals surface area contributed by atoms with Crippen molar-refractivity contribution in [2.24, 2.45) is 7.05 Å². The van der Waals surface area contributed by atoms with Gasteiger partial charge in [0.2, 0.25) is 0 Å². The van der Waals surface area contributed by atoms with Gasteiger partial charge < -0.3 is 19.4 Å². The predicted molar refractivity (Wildman–Crippen MR) is 103 cm³/mol. The number of fused-ring (bicyclic) bond motifs is 1. The standard InChI is InChI=1S/C19H20N2O4S/c1-11-15(16-14(26-11)8-9-21(2)19(16)23)18(22)20-10-12-6-5-7-13(24-3)17(12)25-4/h5-9H,10H2,1-4H3,(H,20,22). The lowest BCUT2D eigenvalue weighted by Gasteiger charge is -2.13. The van der Waals surface area contributed by atoms with Gasteiger partial charge in [-0.1, -0.05) is 12.1 Å². The maximum atomic E-state index is 12.8. The van der Waals surface area contributed by atoms with E-state index in [2.05, 4.69) is 5.32 Å². The molecular weight excluding hydrogens is 352 g/mol. The van der Waals surface area contributed by atoms with Gasteiger partial charge in [-0.2, -0.15) is 0 Å². The number of aryl methyl sites for hydroxylation is 2. The number of para-hydroxylation sites is 1. The Morgan fingerprint density at radius 2 is 2.00 bits per heavy atom. The number of rotatable bonds is 5. The third-order valence-corrected chi connectivity index (χ3v) is 5.32. The van der Waals surface area contributed by atoms with Crippen molar-refractivity contribution in [2.75, 3.05) is 14.2 Å². The van der Waals surface area contributed by atoms with Crippen LogP contribution in [0, 0.1) is 6.92 Å². The van der Waals surface area contributed by atoms with Crippen molar-refractivity contribution in [3.8, 4) is 11.5 Å². The van der Waals surface area contributed by atoms with Crippen LogP contribution >= 0.6 is 11.3 Å². The van der Waals surface area contributed by atoms with Gasteiger partial charge in [-0.05, 0) is 19.1 Å². The molecule has 1 amide bonds. The molecule has 6 nitrogen and oxygen atoms in total. The van der Waals surface area contributed by atoms with Crippen LogP contribution in [0.5, 0.6) is 11.5 Å². The van der Waals surface area contributed by atoms with Gasteiger partial charge in [0.15, 0.2) is 11.5 Å². The molecule has 0 radical (unpaired) electrons. The molecule has 7 heteroatoms.